The molecule has 0 radical (unpaired) electrons. The van der Waals surface area contributed by atoms with E-state index in [0.29, 0.717) is 98.3 Å². The van der Waals surface area contributed by atoms with Gasteiger partial charge >= 0.3 is 0 Å². The molecule has 16 aliphatic rings. The van der Waals surface area contributed by atoms with E-state index in [1.165, 1.54) is 112 Å². The molecule has 8 amide bonds. The SMILES string of the molecule is CNC1CCCCN(CC2CCCCS2)C1=O.CNC1CCCCN(CC2CCCS(=O)(=O)C2)C1=O.CNC1CCCCN(CC2CCCS2(=O)=O)C1=O.CNC1CCCCN(CC2CCCSC2)C1=O.CNC1CCCCN(CC2CCOCC2)C1=O.CNC1CCCCN(CC2CCS(=O)(=O)C2)C1=O.CNC1CCCCN(CC2CCS(=O)(=O)CC2)C1=O.CNC1CCCCN(CC2CCSCC2)C1=O. The Hall–Kier alpha value is -3.75. The molecule has 16 heterocycles. The molecule has 0 aromatic rings. The van der Waals surface area contributed by atoms with Crippen molar-refractivity contribution in [1.82, 2.24) is 81.7 Å². The first-order valence-corrected chi connectivity index (χ1v) is 65.7. The summed E-state index contributed by atoms with van der Waals surface area (Å²) in [7, 11) is 3.36. The number of nitrogens with one attached hydrogen (secondary N) is 8. The van der Waals surface area contributed by atoms with Crippen molar-refractivity contribution in [2.45, 2.75) is 316 Å². The Kier molecular flexibility index (Phi) is 55.6. The number of thioether (sulfide) groups is 3. The lowest BCUT2D eigenvalue weighted by Gasteiger charge is -2.30. The van der Waals surface area contributed by atoms with Crippen molar-refractivity contribution in [2.75, 3.05) is 243 Å². The Morgan fingerprint density at radius 1 is 0.246 bits per heavy atom. The van der Waals surface area contributed by atoms with Gasteiger partial charge in [-0.1, -0.05) is 6.42 Å². The fourth-order valence-electron chi connectivity index (χ4n) is 23.0. The van der Waals surface area contributed by atoms with Crippen LogP contribution in [-0.2, 0) is 82.4 Å². The average Bonchev–Trinajstić information content (AvgIpc) is 1.68. The summed E-state index contributed by atoms with van der Waals surface area (Å²) in [5.74, 6) is 12.9. The zero-order valence-corrected chi connectivity index (χ0v) is 93.8. The predicted molar refractivity (Wildman–Crippen MR) is 576 cm³/mol. The van der Waals surface area contributed by atoms with Crippen LogP contribution in [0.2, 0.25) is 0 Å². The third kappa shape index (κ3) is 41.8. The first-order chi connectivity index (χ1) is 68.3. The van der Waals surface area contributed by atoms with Crippen LogP contribution in [0, 0.1) is 35.5 Å². The van der Waals surface area contributed by atoms with Gasteiger partial charge in [0.1, 0.15) is 9.84 Å². The van der Waals surface area contributed by atoms with E-state index in [4.69, 9.17) is 4.74 Å². The number of nitrogens with zero attached hydrogens (tertiary/aromatic N) is 8. The topological polar surface area (TPSA) is 405 Å². The van der Waals surface area contributed by atoms with Gasteiger partial charge < -0.3 is 86.5 Å². The predicted octanol–water partition coefficient (Wildman–Crippen LogP) is 7.36. The van der Waals surface area contributed by atoms with Gasteiger partial charge in [-0.3, -0.25) is 38.4 Å². The minimum atomic E-state index is -2.96. The molecular formula is C102H188N16O17S7. The monoisotopic (exact) mass is 2130 g/mol. The van der Waals surface area contributed by atoms with Gasteiger partial charge in [0.2, 0.25) is 47.3 Å². The minimum Gasteiger partial charge on any atom is -0.381 e. The Labute approximate surface area is 868 Å². The lowest BCUT2D eigenvalue weighted by molar-refractivity contribution is -0.134. The molecule has 8 N–H and O–H groups in total. The molecule has 16 fully saturated rings. The smallest absolute Gasteiger partial charge is 0.239 e. The second-order valence-electron chi connectivity index (χ2n) is 42.8. The highest BCUT2D eigenvalue weighted by Gasteiger charge is 2.41. The maximum Gasteiger partial charge on any atom is 0.239 e. The van der Waals surface area contributed by atoms with Crippen molar-refractivity contribution in [1.29, 1.82) is 0 Å². The van der Waals surface area contributed by atoms with Gasteiger partial charge in [0.15, 0.2) is 29.5 Å². The number of amides is 8. The van der Waals surface area contributed by atoms with Gasteiger partial charge in [-0.2, -0.15) is 35.3 Å². The number of ether oxygens (including phenoxy) is 1. The lowest BCUT2D eigenvalue weighted by Crippen LogP contribution is -2.47. The number of likely N-dealkylation sites (tertiary alicyclic amines) is 8. The van der Waals surface area contributed by atoms with Crippen LogP contribution in [0.25, 0.3) is 0 Å². The van der Waals surface area contributed by atoms with E-state index in [1.54, 1.807) is 11.9 Å². The van der Waals surface area contributed by atoms with Gasteiger partial charge in [-0.25, -0.2) is 33.7 Å². The number of rotatable bonds is 24. The molecule has 0 aromatic carbocycles. The molecule has 33 nitrogen and oxygen atoms in total. The average molecular weight is 2140 g/mol. The van der Waals surface area contributed by atoms with Crippen LogP contribution >= 0.6 is 35.3 Å². The Bertz CT molecular complexity index is 4010. The number of hydrogen-bond donors (Lipinski definition) is 8. The highest BCUT2D eigenvalue weighted by atomic mass is 32.2. The second-order valence-corrected chi connectivity index (χ2v) is 55.7. The van der Waals surface area contributed by atoms with Crippen molar-refractivity contribution < 1.29 is 76.8 Å². The van der Waals surface area contributed by atoms with Gasteiger partial charge in [0.05, 0.1) is 93.9 Å². The molecule has 0 aromatic heterocycles. The molecule has 0 saturated carbocycles. The van der Waals surface area contributed by atoms with Crippen LogP contribution in [0.1, 0.15) is 257 Å². The second kappa shape index (κ2) is 64.8. The van der Waals surface area contributed by atoms with E-state index in [2.05, 4.69) is 97.4 Å². The van der Waals surface area contributed by atoms with Gasteiger partial charge in [-0.05, 0) is 371 Å². The third-order valence-corrected chi connectivity index (χ3v) is 43.4. The largest absolute Gasteiger partial charge is 0.381 e. The number of carbonyl (C=O) groups is 8. The molecule has 13 unspecified atom stereocenters. The first kappa shape index (κ1) is 122. The van der Waals surface area contributed by atoms with Crippen LogP contribution in [0.3, 0.4) is 0 Å². The highest BCUT2D eigenvalue weighted by Crippen LogP contribution is 2.33. The van der Waals surface area contributed by atoms with Crippen LogP contribution in [0.4, 0.5) is 0 Å². The molecule has 13 atom stereocenters. The number of carbonyl (C=O) groups excluding carboxylic acids is 8. The van der Waals surface area contributed by atoms with Crippen molar-refractivity contribution in [3.8, 4) is 0 Å². The molecule has 40 heteroatoms. The van der Waals surface area contributed by atoms with Crippen LogP contribution < -0.4 is 42.5 Å². The Morgan fingerprint density at radius 3 is 0.852 bits per heavy atom. The molecule has 142 heavy (non-hydrogen) atoms. The molecule has 16 aliphatic heterocycles. The third-order valence-electron chi connectivity index (χ3n) is 32.0. The molecule has 16 rings (SSSR count). The number of hydrogen-bond acceptors (Lipinski definition) is 28. The zero-order valence-electron chi connectivity index (χ0n) is 88.1. The van der Waals surface area contributed by atoms with Gasteiger partial charge in [-0.15, -0.1) is 0 Å². The first-order valence-electron chi connectivity index (χ1n) is 55.2. The summed E-state index contributed by atoms with van der Waals surface area (Å²) in [5, 5.41) is 25.2. The lowest BCUT2D eigenvalue weighted by atomic mass is 9.99. The van der Waals surface area contributed by atoms with Crippen molar-refractivity contribution >= 4 is 122 Å². The quantitative estimate of drug-likeness (QED) is 0.0468. The zero-order chi connectivity index (χ0) is 102. The van der Waals surface area contributed by atoms with Gasteiger partial charge in [0, 0.05) is 123 Å². The maximum absolute atomic E-state index is 12.3. The van der Waals surface area contributed by atoms with Crippen molar-refractivity contribution in [3.63, 3.8) is 0 Å². The molecule has 16 saturated heterocycles. The summed E-state index contributed by atoms with van der Waals surface area (Å²) < 4.78 is 98.0. The number of sulfone groups is 4. The summed E-state index contributed by atoms with van der Waals surface area (Å²) in [4.78, 5) is 114. The fraction of sp³-hybridized carbons (Fsp3) is 0.922. The summed E-state index contributed by atoms with van der Waals surface area (Å²) in [6.45, 7) is 14.9. The molecule has 0 bridgehead atoms. The van der Waals surface area contributed by atoms with E-state index >= 15 is 0 Å². The standard InChI is InChI=1S/2C13H24N2O3S.C13H24N2O2.3C13H24N2OS.2C12H22N2O3S/c1-14-12-6-2-3-7-15(13(12)16)9-11-5-4-8-19(17,18)10-11;1-14-12-4-2-3-7-15(13(12)16)10-11-5-8-19(17,18)9-6-11;1-14-12-4-2-3-7-15(13(12)16)10-11-5-8-17-9-6-11;1-14-12-7-2-4-8-15(13(12)16)10-11-6-3-5-9-17-11;1-14-12-6-2-3-7-15(13(12)16)9-11-5-4-8-17-10-11;1-14-12-4-2-3-7-15(13(12)16)10-11-5-8-17-9-6-11;1-13-11-6-2-3-7-14(12(11)15)9-10-5-4-8-18(10,16)17;1-13-11-4-2-3-6-14(12(11)15)8-10-5-7-18(16,17)9-10/h2*11-12,14H,2-10H2,1H3;4*11-12,14H,2-10H2,1H3;2*10-11,13H,2-9H2,1H3. The van der Waals surface area contributed by atoms with Crippen molar-refractivity contribution in [2.24, 2.45) is 35.5 Å². The summed E-state index contributed by atoms with van der Waals surface area (Å²) >= 11 is 6.17. The summed E-state index contributed by atoms with van der Waals surface area (Å²) in [6.07, 6.45) is 41.7. The highest BCUT2D eigenvalue weighted by molar-refractivity contribution is 8.00. The van der Waals surface area contributed by atoms with E-state index in [1.807, 2.05) is 64.0 Å². The fourth-order valence-corrected chi connectivity index (χ4v) is 33.7. The molecule has 0 spiro atoms. The Morgan fingerprint density at radius 2 is 0.535 bits per heavy atom. The van der Waals surface area contributed by atoms with Crippen molar-refractivity contribution in [3.05, 3.63) is 0 Å². The van der Waals surface area contributed by atoms with Crippen LogP contribution in [0.15, 0.2) is 0 Å². The number of likely N-dealkylation sites (N-methyl/N-ethyl adjacent to an activating group) is 8. The van der Waals surface area contributed by atoms with E-state index in [-0.39, 0.29) is 124 Å². The summed E-state index contributed by atoms with van der Waals surface area (Å²) in [6, 6.07) is -0.160. The minimum absolute atomic E-state index is 0.0392. The Balaban J connectivity index is 0.000000181. The van der Waals surface area contributed by atoms with E-state index in [0.717, 1.165) is 251 Å². The summed E-state index contributed by atoms with van der Waals surface area (Å²) in [5.41, 5.74) is 0. The van der Waals surface area contributed by atoms with Crippen LogP contribution in [-0.4, -0.2) is 422 Å². The normalized spacial score (nSPS) is 30.7. The van der Waals surface area contributed by atoms with Gasteiger partial charge in [0.25, 0.3) is 0 Å². The van der Waals surface area contributed by atoms with E-state index < -0.39 is 39.3 Å². The maximum atomic E-state index is 12.3. The molecule has 0 aliphatic carbocycles. The van der Waals surface area contributed by atoms with Crippen LogP contribution in [0.5, 0.6) is 0 Å². The molecule has 820 valence electrons. The molecular weight excluding hydrogens is 1950 g/mol. The van der Waals surface area contributed by atoms with E-state index in [9.17, 15) is 72.0 Å².